The van der Waals surface area contributed by atoms with Crippen LogP contribution in [0.2, 0.25) is 17.3 Å². The number of hydrogen-bond donors (Lipinski definition) is 0. The molecule has 3 nitrogen and oxygen atoms in total. The molecule has 0 saturated heterocycles. The van der Waals surface area contributed by atoms with Crippen LogP contribution in [0.4, 0.5) is 0 Å². The number of nitrogens with zero attached hydrogens (tertiary/aromatic N) is 3. The Bertz CT molecular complexity index is 3080. The monoisotopic (exact) mass is 1110 g/mol. The number of fused-ring (bicyclic) bond motifs is 4. The fraction of sp³-hybridized carbons (Fsp3) is 0.288. The van der Waals surface area contributed by atoms with Crippen LogP contribution in [-0.2, 0) is 38.4 Å². The van der Waals surface area contributed by atoms with Crippen molar-refractivity contribution in [2.45, 2.75) is 97.8 Å². The quantitative estimate of drug-likeness (QED) is 0.118. The van der Waals surface area contributed by atoms with Gasteiger partial charge in [0, 0.05) is 36.1 Å². The Morgan fingerprint density at radius 3 is 2.05 bits per heavy atom. The molecule has 0 fully saturated rings. The third-order valence-corrected chi connectivity index (χ3v) is 17.2. The number of rotatable bonds is 7. The summed E-state index contributed by atoms with van der Waals surface area (Å²) in [4.78, 5) is 10.0. The number of imidazole rings is 1. The minimum atomic E-state index is -1.90. The van der Waals surface area contributed by atoms with E-state index in [2.05, 4.69) is 218 Å². The maximum Gasteiger partial charge on any atom is 0.0774 e. The van der Waals surface area contributed by atoms with Gasteiger partial charge in [0.05, 0.1) is 16.9 Å². The first kappa shape index (κ1) is 48.3. The maximum atomic E-state index is 5.29. The van der Waals surface area contributed by atoms with E-state index in [-0.39, 0.29) is 30.9 Å². The van der Waals surface area contributed by atoms with Crippen molar-refractivity contribution in [1.82, 2.24) is 14.5 Å². The smallest absolute Gasteiger partial charge is 0.0774 e. The van der Waals surface area contributed by atoms with Crippen molar-refractivity contribution in [1.29, 1.82) is 0 Å². The molecule has 335 valence electrons. The largest absolute Gasteiger partial charge is 0.333 e. The van der Waals surface area contributed by atoms with Crippen LogP contribution in [0.15, 0.2) is 140 Å². The molecule has 0 aliphatic rings. The van der Waals surface area contributed by atoms with Gasteiger partial charge in [-0.25, -0.2) is 0 Å². The van der Waals surface area contributed by atoms with Crippen LogP contribution in [0.25, 0.3) is 70.7 Å². The van der Waals surface area contributed by atoms with Crippen molar-refractivity contribution in [3.63, 3.8) is 0 Å². The molecule has 0 aliphatic heterocycles. The van der Waals surface area contributed by atoms with Gasteiger partial charge < -0.3 is 4.57 Å². The van der Waals surface area contributed by atoms with Crippen LogP contribution in [0.3, 0.4) is 0 Å². The number of para-hydroxylation sites is 2. The average molecular weight is 1110 g/mol. The van der Waals surface area contributed by atoms with Gasteiger partial charge >= 0.3 is 132 Å². The zero-order valence-electron chi connectivity index (χ0n) is 40.3. The Balaban J connectivity index is 0.000000242. The molecular formula is C59H63GeIrN3S-2. The van der Waals surface area contributed by atoms with Gasteiger partial charge in [0.15, 0.2) is 0 Å². The molecule has 3 heterocycles. The summed E-state index contributed by atoms with van der Waals surface area (Å²) < 4.78 is 6.43. The van der Waals surface area contributed by atoms with Gasteiger partial charge in [0.1, 0.15) is 0 Å². The van der Waals surface area contributed by atoms with Crippen LogP contribution in [0, 0.1) is 23.0 Å². The number of hydrogen-bond acceptors (Lipinski definition) is 3. The Morgan fingerprint density at radius 1 is 0.662 bits per heavy atom. The molecule has 6 aromatic carbocycles. The zero-order chi connectivity index (χ0) is 45.6. The van der Waals surface area contributed by atoms with E-state index in [0.717, 1.165) is 52.2 Å². The average Bonchev–Trinajstić information content (AvgIpc) is 3.81. The molecule has 0 N–H and O–H groups in total. The molecule has 6 heteroatoms. The third-order valence-electron chi connectivity index (χ3n) is 11.7. The first-order valence-electron chi connectivity index (χ1n) is 22.7. The second-order valence-corrected chi connectivity index (χ2v) is 33.5. The summed E-state index contributed by atoms with van der Waals surface area (Å²) >= 11 is -0.0374. The zero-order valence-corrected chi connectivity index (χ0v) is 45.6. The topological polar surface area (TPSA) is 30.7 Å². The molecule has 0 spiro atoms. The Kier molecular flexibility index (Phi) is 14.1. The van der Waals surface area contributed by atoms with Crippen LogP contribution >= 0.6 is 11.3 Å². The van der Waals surface area contributed by atoms with E-state index in [1.165, 1.54) is 52.4 Å². The minimum absolute atomic E-state index is 0. The second kappa shape index (κ2) is 18.9. The van der Waals surface area contributed by atoms with Crippen LogP contribution < -0.4 is 4.40 Å². The molecule has 65 heavy (non-hydrogen) atoms. The molecule has 0 bridgehead atoms. The van der Waals surface area contributed by atoms with E-state index < -0.39 is 13.3 Å². The van der Waals surface area contributed by atoms with E-state index in [1.807, 2.05) is 29.5 Å². The predicted molar refractivity (Wildman–Crippen MR) is 280 cm³/mol. The summed E-state index contributed by atoms with van der Waals surface area (Å²) in [5.74, 6) is 8.25. The van der Waals surface area contributed by atoms with Gasteiger partial charge in [-0.2, -0.15) is 11.3 Å². The maximum absolute atomic E-state index is 5.29. The molecule has 0 atom stereocenters. The van der Waals surface area contributed by atoms with Crippen molar-refractivity contribution in [3.05, 3.63) is 168 Å². The SMILES string of the molecule is CC(C)(C)Cc1cc(-c2[c-]cccc2)nc[c]1[Ge]([CH3])([CH3])[CH3].CC(C)(C)Cc1ccc2c(c1)sc1c(-c3nc4ccccc4n3-c3ccc(C(C)(C)C)cc3-c3ccccc3)[c-]ccc12.[Ir]. The molecular weight excluding hydrogens is 1050 g/mol. The number of pyridine rings is 1. The fourth-order valence-electron chi connectivity index (χ4n) is 8.75. The van der Waals surface area contributed by atoms with Gasteiger partial charge in [0.25, 0.3) is 0 Å². The van der Waals surface area contributed by atoms with Crippen molar-refractivity contribution in [3.8, 4) is 39.5 Å². The van der Waals surface area contributed by atoms with E-state index in [4.69, 9.17) is 9.97 Å². The third kappa shape index (κ3) is 11.0. The first-order chi connectivity index (χ1) is 30.2. The number of benzene rings is 6. The van der Waals surface area contributed by atoms with Crippen molar-refractivity contribution >= 4 is 60.2 Å². The summed E-state index contributed by atoms with van der Waals surface area (Å²) in [6.45, 7) is 20.7. The van der Waals surface area contributed by atoms with E-state index in [9.17, 15) is 0 Å². The summed E-state index contributed by atoms with van der Waals surface area (Å²) in [5.41, 5.74) is 13.5. The second-order valence-electron chi connectivity index (χ2n) is 21.9. The molecule has 9 aromatic rings. The van der Waals surface area contributed by atoms with Crippen LogP contribution in [-0.4, -0.2) is 27.8 Å². The fourth-order valence-corrected chi connectivity index (χ4v) is 13.3. The summed E-state index contributed by atoms with van der Waals surface area (Å²) in [6.07, 6.45) is 4.29. The first-order valence-corrected chi connectivity index (χ1v) is 30.9. The molecule has 0 aliphatic carbocycles. The molecule has 1 radical (unpaired) electrons. The normalized spacial score (nSPS) is 12.3. The van der Waals surface area contributed by atoms with Crippen molar-refractivity contribution in [2.24, 2.45) is 10.8 Å². The summed E-state index contributed by atoms with van der Waals surface area (Å²) in [5, 5.41) is 2.57. The van der Waals surface area contributed by atoms with E-state index >= 15 is 0 Å². The Labute approximate surface area is 408 Å². The Hall–Kier alpha value is -4.65. The summed E-state index contributed by atoms with van der Waals surface area (Å²) in [6, 6.07) is 54.7. The minimum Gasteiger partial charge on any atom is -0.333 e. The molecule has 0 saturated carbocycles. The van der Waals surface area contributed by atoms with Gasteiger partial charge in [-0.1, -0.05) is 113 Å². The van der Waals surface area contributed by atoms with Gasteiger partial charge in [-0.3, -0.25) is 4.98 Å². The van der Waals surface area contributed by atoms with Crippen LogP contribution in [0.1, 0.15) is 79.0 Å². The number of thiophene rings is 1. The van der Waals surface area contributed by atoms with Gasteiger partial charge in [0.2, 0.25) is 0 Å². The molecule has 9 rings (SSSR count). The molecule has 0 unspecified atom stereocenters. The molecule has 0 amide bonds. The standard InChI is InChI=1S/C40H37N2S.C19H26GeN.Ir/c1-39(2,3)25-26-19-21-29-30-15-12-16-31(37(30)43-36(29)23-26)38-41-33-17-10-11-18-35(33)42(38)34-22-20-28(40(4,5)6)24-32(34)27-13-8-7-9-14-27;1-19(2,3)13-16-12-18(15-10-8-7-9-11-15)21-14-17(16)20(4,5)6;/h7-15,17-24H,25H2,1-6H3;7-10,12,14H,13H2,1-6H3;/q2*-1;. The van der Waals surface area contributed by atoms with Crippen molar-refractivity contribution in [2.75, 3.05) is 0 Å². The van der Waals surface area contributed by atoms with E-state index in [0.29, 0.717) is 5.41 Å². The van der Waals surface area contributed by atoms with Crippen molar-refractivity contribution < 1.29 is 20.1 Å². The Morgan fingerprint density at radius 2 is 1.37 bits per heavy atom. The molecule has 3 aromatic heterocycles. The van der Waals surface area contributed by atoms with Gasteiger partial charge in [-0.15, -0.1) is 18.2 Å². The van der Waals surface area contributed by atoms with E-state index in [1.54, 1.807) is 0 Å². The summed E-state index contributed by atoms with van der Waals surface area (Å²) in [7, 11) is 0. The number of aromatic nitrogens is 3. The van der Waals surface area contributed by atoms with Crippen LogP contribution in [0.5, 0.6) is 0 Å². The van der Waals surface area contributed by atoms with Gasteiger partial charge in [-0.05, 0) is 74.4 Å². The predicted octanol–water partition coefficient (Wildman–Crippen LogP) is 16.1.